The summed E-state index contributed by atoms with van der Waals surface area (Å²) in [6.45, 7) is 17.6. The first-order valence-corrected chi connectivity index (χ1v) is 18.1. The average molecular weight is 641 g/mol. The summed E-state index contributed by atoms with van der Waals surface area (Å²) in [6, 6.07) is 9.75. The number of fused-ring (bicyclic) bond motifs is 8. The standard InChI is InChI=1S/C40H56N4O3/c1-35(2)17-19-40(31(45)23-41)20-18-38(6)27(28(40)22-35)13-14-30-37(5)21-26-32(36(3,4)29(37)15-16-39(30,38)7)43-44-33(26)42-34(46)47-24-25-11-9-8-10-12-25/h8-13,28-30H,14-24,41H2,1-7H3,(H2,42,43,44,46)/t28?,29?,30?,37-,38+,39+,40-/m0/s1. The summed E-state index contributed by atoms with van der Waals surface area (Å²) in [5.74, 6) is 2.12. The van der Waals surface area contributed by atoms with Gasteiger partial charge in [0.15, 0.2) is 11.6 Å². The van der Waals surface area contributed by atoms with Crippen LogP contribution >= 0.6 is 0 Å². The Kier molecular flexibility index (Phi) is 7.48. The van der Waals surface area contributed by atoms with Crippen LogP contribution in [0.15, 0.2) is 42.0 Å². The molecule has 4 N–H and O–H groups in total. The zero-order valence-electron chi connectivity index (χ0n) is 29.7. The van der Waals surface area contributed by atoms with Crippen molar-refractivity contribution in [3.63, 3.8) is 0 Å². The summed E-state index contributed by atoms with van der Waals surface area (Å²) in [5, 5.41) is 11.0. The zero-order valence-corrected chi connectivity index (χ0v) is 29.7. The number of rotatable bonds is 5. The maximum absolute atomic E-state index is 13.7. The van der Waals surface area contributed by atoms with E-state index < -0.39 is 6.09 Å². The van der Waals surface area contributed by atoms with E-state index in [9.17, 15) is 9.59 Å². The van der Waals surface area contributed by atoms with Gasteiger partial charge >= 0.3 is 6.09 Å². The summed E-state index contributed by atoms with van der Waals surface area (Å²) in [6.07, 6.45) is 11.5. The summed E-state index contributed by atoms with van der Waals surface area (Å²) in [5.41, 5.74) is 10.9. The van der Waals surface area contributed by atoms with Crippen molar-refractivity contribution in [3.05, 3.63) is 58.8 Å². The predicted molar refractivity (Wildman–Crippen MR) is 186 cm³/mol. The number of H-pyrrole nitrogens is 1. The molecule has 0 bridgehead atoms. The molecule has 3 saturated carbocycles. The second kappa shape index (κ2) is 10.8. The molecule has 2 aromatic rings. The number of nitrogens with two attached hydrogens (primary N) is 1. The number of aromatic amines is 1. The topological polar surface area (TPSA) is 110 Å². The number of carbonyl (C=O) groups is 2. The third-order valence-corrected chi connectivity index (χ3v) is 15.0. The minimum atomic E-state index is -0.479. The van der Waals surface area contributed by atoms with E-state index in [0.29, 0.717) is 17.7 Å². The molecule has 1 aromatic carbocycles. The minimum Gasteiger partial charge on any atom is -0.444 e. The number of Topliss-reactive ketones (excluding diaryl/α,β-unsaturated/α-hetero) is 1. The van der Waals surface area contributed by atoms with Crippen LogP contribution in [0.3, 0.4) is 0 Å². The van der Waals surface area contributed by atoms with Gasteiger partial charge in [0, 0.05) is 22.1 Å². The van der Waals surface area contributed by atoms with E-state index >= 15 is 0 Å². The molecule has 3 fully saturated rings. The molecule has 1 amide bonds. The number of nitrogens with one attached hydrogen (secondary N) is 2. The quantitative estimate of drug-likeness (QED) is 0.284. The highest BCUT2D eigenvalue weighted by Gasteiger charge is 2.69. The van der Waals surface area contributed by atoms with Crippen LogP contribution < -0.4 is 11.1 Å². The van der Waals surface area contributed by atoms with Gasteiger partial charge < -0.3 is 10.5 Å². The highest BCUT2D eigenvalue weighted by molar-refractivity contribution is 5.88. The molecule has 0 aliphatic heterocycles. The summed E-state index contributed by atoms with van der Waals surface area (Å²) < 4.78 is 5.60. The normalized spacial score (nSPS) is 38.0. The zero-order chi connectivity index (χ0) is 33.6. The largest absolute Gasteiger partial charge is 0.444 e. The highest BCUT2D eigenvalue weighted by atomic mass is 16.5. The Balaban J connectivity index is 1.22. The SMILES string of the molecule is CC1(C)CC[C@]2(C(=O)CN)CC[C@]3(C)C(=CCC4[C@@]5(C)Cc6c(NC(=O)OCc7ccccc7)n[nH]c6C(C)(C)C5CC[C@]43C)C2C1. The first-order chi connectivity index (χ1) is 22.1. The van der Waals surface area contributed by atoms with E-state index in [0.717, 1.165) is 68.2 Å². The van der Waals surface area contributed by atoms with E-state index in [1.54, 1.807) is 5.57 Å². The lowest BCUT2D eigenvalue weighted by Crippen LogP contribution is -2.65. The number of allylic oxidation sites excluding steroid dienone is 2. The van der Waals surface area contributed by atoms with Crippen molar-refractivity contribution < 1.29 is 14.3 Å². The van der Waals surface area contributed by atoms with Gasteiger partial charge in [-0.3, -0.25) is 15.2 Å². The molecule has 7 nitrogen and oxygen atoms in total. The number of ketones is 1. The molecule has 7 rings (SSSR count). The van der Waals surface area contributed by atoms with Crippen LogP contribution in [0.2, 0.25) is 0 Å². The molecule has 5 aliphatic rings. The second-order valence-corrected chi connectivity index (χ2v) is 18.0. The van der Waals surface area contributed by atoms with E-state index in [1.807, 2.05) is 30.3 Å². The van der Waals surface area contributed by atoms with Gasteiger partial charge in [-0.15, -0.1) is 0 Å². The Bertz CT molecular complexity index is 1610. The number of aromatic nitrogens is 2. The van der Waals surface area contributed by atoms with E-state index in [1.165, 1.54) is 6.42 Å². The van der Waals surface area contributed by atoms with Gasteiger partial charge in [-0.25, -0.2) is 4.79 Å². The van der Waals surface area contributed by atoms with Crippen molar-refractivity contribution in [2.24, 2.45) is 50.6 Å². The molecule has 1 heterocycles. The highest BCUT2D eigenvalue weighted by Crippen LogP contribution is 2.75. The Morgan fingerprint density at radius 1 is 0.979 bits per heavy atom. The van der Waals surface area contributed by atoms with Crippen LogP contribution in [0.4, 0.5) is 10.6 Å². The second-order valence-electron chi connectivity index (χ2n) is 18.0. The number of hydrogen-bond acceptors (Lipinski definition) is 5. The van der Waals surface area contributed by atoms with Gasteiger partial charge in [0.2, 0.25) is 0 Å². The number of amides is 1. The van der Waals surface area contributed by atoms with E-state index in [-0.39, 0.29) is 57.3 Å². The van der Waals surface area contributed by atoms with Crippen LogP contribution in [-0.4, -0.2) is 28.6 Å². The van der Waals surface area contributed by atoms with E-state index in [4.69, 9.17) is 10.5 Å². The fraction of sp³-hybridized carbons (Fsp3) is 0.675. The van der Waals surface area contributed by atoms with Crippen LogP contribution in [0.1, 0.15) is 117 Å². The molecule has 7 atom stereocenters. The number of ether oxygens (including phenoxy) is 1. The maximum atomic E-state index is 13.7. The maximum Gasteiger partial charge on any atom is 0.413 e. The monoisotopic (exact) mass is 640 g/mol. The molecule has 0 spiro atoms. The number of nitrogens with zero attached hydrogens (tertiary/aromatic N) is 1. The third-order valence-electron chi connectivity index (χ3n) is 15.0. The Labute approximate surface area is 281 Å². The Morgan fingerprint density at radius 2 is 1.70 bits per heavy atom. The number of carbonyl (C=O) groups excluding carboxylic acids is 2. The average Bonchev–Trinajstić information content (AvgIpc) is 3.42. The Hall–Kier alpha value is -2.93. The first-order valence-electron chi connectivity index (χ1n) is 18.1. The number of benzene rings is 1. The van der Waals surface area contributed by atoms with Gasteiger partial charge in [-0.05, 0) is 103 Å². The fourth-order valence-corrected chi connectivity index (χ4v) is 12.3. The van der Waals surface area contributed by atoms with Gasteiger partial charge in [-0.1, -0.05) is 90.4 Å². The molecule has 3 unspecified atom stereocenters. The van der Waals surface area contributed by atoms with Gasteiger partial charge in [0.05, 0.1) is 6.54 Å². The fourth-order valence-electron chi connectivity index (χ4n) is 12.3. The summed E-state index contributed by atoms with van der Waals surface area (Å²) >= 11 is 0. The van der Waals surface area contributed by atoms with Crippen molar-refractivity contribution in [2.45, 2.75) is 118 Å². The molecule has 1 aromatic heterocycles. The lowest BCUT2D eigenvalue weighted by molar-refractivity contribution is -0.166. The van der Waals surface area contributed by atoms with Crippen LogP contribution in [0.5, 0.6) is 0 Å². The molecular formula is C40H56N4O3. The van der Waals surface area contributed by atoms with Crippen molar-refractivity contribution in [1.82, 2.24) is 10.2 Å². The van der Waals surface area contributed by atoms with Crippen LogP contribution in [-0.2, 0) is 28.0 Å². The van der Waals surface area contributed by atoms with Crippen LogP contribution in [0.25, 0.3) is 0 Å². The first kappa shape index (κ1) is 32.6. The van der Waals surface area contributed by atoms with Crippen molar-refractivity contribution in [2.75, 3.05) is 11.9 Å². The molecule has 7 heteroatoms. The van der Waals surface area contributed by atoms with Crippen molar-refractivity contribution in [1.29, 1.82) is 0 Å². The van der Waals surface area contributed by atoms with Gasteiger partial charge in [-0.2, -0.15) is 5.10 Å². The third kappa shape index (κ3) is 4.64. The van der Waals surface area contributed by atoms with Gasteiger partial charge in [0.1, 0.15) is 6.61 Å². The minimum absolute atomic E-state index is 0.0102. The van der Waals surface area contributed by atoms with E-state index in [2.05, 4.69) is 70.1 Å². The molecular weight excluding hydrogens is 584 g/mol. The number of hydrogen-bond donors (Lipinski definition) is 3. The molecule has 5 aliphatic carbocycles. The molecule has 0 saturated heterocycles. The van der Waals surface area contributed by atoms with Crippen molar-refractivity contribution >= 4 is 17.7 Å². The molecule has 0 radical (unpaired) electrons. The van der Waals surface area contributed by atoms with Crippen LogP contribution in [0, 0.1) is 44.8 Å². The van der Waals surface area contributed by atoms with Gasteiger partial charge in [0.25, 0.3) is 0 Å². The lowest BCUT2D eigenvalue weighted by Gasteiger charge is -2.70. The summed E-state index contributed by atoms with van der Waals surface area (Å²) in [4.78, 5) is 26.7. The number of anilines is 1. The summed E-state index contributed by atoms with van der Waals surface area (Å²) in [7, 11) is 0. The lowest BCUT2D eigenvalue weighted by atomic mass is 9.33. The predicted octanol–water partition coefficient (Wildman–Crippen LogP) is 8.50. The smallest absolute Gasteiger partial charge is 0.413 e. The molecule has 47 heavy (non-hydrogen) atoms. The molecule has 254 valence electrons. The van der Waals surface area contributed by atoms with Crippen molar-refractivity contribution in [3.8, 4) is 0 Å². The Morgan fingerprint density at radius 3 is 2.43 bits per heavy atom.